The van der Waals surface area contributed by atoms with Crippen LogP contribution in [0.1, 0.15) is 11.3 Å². The van der Waals surface area contributed by atoms with E-state index in [2.05, 4.69) is 27.0 Å². The topological polar surface area (TPSA) is 132 Å². The van der Waals surface area contributed by atoms with Gasteiger partial charge in [0, 0.05) is 10.5 Å². The molecule has 0 aliphatic rings. The lowest BCUT2D eigenvalue weighted by molar-refractivity contribution is -0.384. The largest absolute Gasteiger partial charge is 0.464 e. The molecular weight excluding hydrogens is 506 g/mol. The molecule has 4 aromatic heterocycles. The summed E-state index contributed by atoms with van der Waals surface area (Å²) in [7, 11) is 0. The van der Waals surface area contributed by atoms with E-state index in [0.29, 0.717) is 44.4 Å². The van der Waals surface area contributed by atoms with Crippen LogP contribution in [0.5, 0.6) is 0 Å². The highest BCUT2D eigenvalue weighted by atomic mass is 79.9. The maximum absolute atomic E-state index is 11.4. The summed E-state index contributed by atoms with van der Waals surface area (Å²) in [4.78, 5) is 15.2. The van der Waals surface area contributed by atoms with Crippen molar-refractivity contribution in [3.63, 3.8) is 0 Å². The van der Waals surface area contributed by atoms with Crippen LogP contribution >= 0.6 is 15.9 Å². The molecule has 0 aliphatic heterocycles. The van der Waals surface area contributed by atoms with E-state index in [0.717, 1.165) is 0 Å². The number of aliphatic imine (C=N–C) groups is 1. The highest BCUT2D eigenvalue weighted by Gasteiger charge is 2.26. The third kappa shape index (κ3) is 3.85. The van der Waals surface area contributed by atoms with Gasteiger partial charge in [0.15, 0.2) is 11.5 Å². The molecule has 0 saturated heterocycles. The van der Waals surface area contributed by atoms with Crippen LogP contribution in [0.3, 0.4) is 0 Å². The van der Waals surface area contributed by atoms with Crippen molar-refractivity contribution in [2.24, 2.45) is 4.99 Å². The third-order valence-electron chi connectivity index (χ3n) is 4.87. The Morgan fingerprint density at radius 2 is 1.76 bits per heavy atom. The van der Waals surface area contributed by atoms with Crippen molar-refractivity contribution in [1.29, 1.82) is 5.26 Å². The first kappa shape index (κ1) is 21.2. The Labute approximate surface area is 199 Å². The Morgan fingerprint density at radius 3 is 2.44 bits per heavy atom. The first-order chi connectivity index (χ1) is 16.5. The van der Waals surface area contributed by atoms with Crippen LogP contribution in [-0.2, 0) is 0 Å². The summed E-state index contributed by atoms with van der Waals surface area (Å²) in [5.74, 6) is 1.78. The minimum absolute atomic E-state index is 0.0351. The summed E-state index contributed by atoms with van der Waals surface area (Å²) in [6, 6.07) is 16.8. The zero-order chi connectivity index (χ0) is 23.7. The molecule has 0 bridgehead atoms. The monoisotopic (exact) mass is 517 g/mol. The van der Waals surface area contributed by atoms with Gasteiger partial charge in [0.1, 0.15) is 28.9 Å². The number of benzene rings is 1. The average Bonchev–Trinajstić information content (AvgIpc) is 3.63. The lowest BCUT2D eigenvalue weighted by Gasteiger charge is -2.00. The Balaban J connectivity index is 1.53. The van der Waals surface area contributed by atoms with E-state index in [1.54, 1.807) is 48.5 Å². The molecule has 9 nitrogen and oxygen atoms in total. The molecule has 0 radical (unpaired) electrons. The normalized spacial score (nSPS) is 11.2. The molecule has 4 heterocycles. The van der Waals surface area contributed by atoms with Crippen LogP contribution in [0.4, 0.5) is 11.6 Å². The summed E-state index contributed by atoms with van der Waals surface area (Å²) >= 11 is 3.24. The highest BCUT2D eigenvalue weighted by molar-refractivity contribution is 9.10. The lowest BCUT2D eigenvalue weighted by atomic mass is 10.1. The van der Waals surface area contributed by atoms with Gasteiger partial charge in [-0.15, -0.1) is 0 Å². The number of furan rings is 4. The van der Waals surface area contributed by atoms with Crippen LogP contribution < -0.4 is 0 Å². The van der Waals surface area contributed by atoms with Crippen molar-refractivity contribution in [3.8, 4) is 40.2 Å². The molecule has 34 heavy (non-hydrogen) atoms. The molecule has 5 rings (SSSR count). The van der Waals surface area contributed by atoms with Crippen molar-refractivity contribution in [2.45, 2.75) is 0 Å². The molecule has 0 amide bonds. The number of nitro benzene ring substituents is 1. The zero-order valence-electron chi connectivity index (χ0n) is 17.1. The predicted molar refractivity (Wildman–Crippen MR) is 125 cm³/mol. The Morgan fingerprint density at radius 1 is 1.00 bits per heavy atom. The molecule has 5 aromatic rings. The number of hydrogen-bond acceptors (Lipinski definition) is 8. The molecule has 0 N–H and O–H groups in total. The summed E-state index contributed by atoms with van der Waals surface area (Å²) in [5, 5.41) is 21.2. The van der Waals surface area contributed by atoms with Crippen molar-refractivity contribution < 1.29 is 22.6 Å². The zero-order valence-corrected chi connectivity index (χ0v) is 18.7. The second-order valence-electron chi connectivity index (χ2n) is 6.93. The maximum Gasteiger partial charge on any atom is 0.281 e. The molecule has 10 heteroatoms. The van der Waals surface area contributed by atoms with Gasteiger partial charge < -0.3 is 17.7 Å². The van der Waals surface area contributed by atoms with Gasteiger partial charge in [-0.25, -0.2) is 4.99 Å². The first-order valence-corrected chi connectivity index (χ1v) is 10.6. The molecule has 0 fully saturated rings. The molecule has 0 aliphatic carbocycles. The van der Waals surface area contributed by atoms with Gasteiger partial charge in [0.2, 0.25) is 5.88 Å². The standard InChI is InChI=1S/C24H12BrN3O6/c25-14-5-7-16(18(11-14)28(29)30)19-8-6-15(33-19)13-27-24-17(12-26)22(20-3-1-9-31-20)23(34-24)21-4-2-10-32-21/h1-11,13H. The first-order valence-electron chi connectivity index (χ1n) is 9.78. The minimum atomic E-state index is -0.481. The average molecular weight is 518 g/mol. The SMILES string of the molecule is N#Cc1c(N=Cc2ccc(-c3ccc(Br)cc3[N+](=O)[O-])o2)oc(-c2ccco2)c1-c1ccco1. The van der Waals surface area contributed by atoms with E-state index in [9.17, 15) is 15.4 Å². The van der Waals surface area contributed by atoms with Crippen molar-refractivity contribution in [1.82, 2.24) is 0 Å². The van der Waals surface area contributed by atoms with Crippen molar-refractivity contribution in [2.75, 3.05) is 0 Å². The molecule has 0 unspecified atom stereocenters. The quantitative estimate of drug-likeness (QED) is 0.130. The van der Waals surface area contributed by atoms with Gasteiger partial charge in [-0.2, -0.15) is 5.26 Å². The number of nitrogens with zero attached hydrogens (tertiary/aromatic N) is 3. The Kier molecular flexibility index (Phi) is 5.45. The fraction of sp³-hybridized carbons (Fsp3) is 0. The van der Waals surface area contributed by atoms with E-state index in [1.807, 2.05) is 0 Å². The van der Waals surface area contributed by atoms with Gasteiger partial charge in [-0.05, 0) is 48.5 Å². The lowest BCUT2D eigenvalue weighted by Crippen LogP contribution is -1.91. The molecule has 1 aromatic carbocycles. The van der Waals surface area contributed by atoms with Crippen LogP contribution in [0.25, 0.3) is 34.2 Å². The number of nitriles is 1. The summed E-state index contributed by atoms with van der Waals surface area (Å²) in [6.45, 7) is 0. The van der Waals surface area contributed by atoms with E-state index in [1.165, 1.54) is 24.8 Å². The third-order valence-corrected chi connectivity index (χ3v) is 5.37. The highest BCUT2D eigenvalue weighted by Crippen LogP contribution is 2.43. The molecule has 0 spiro atoms. The van der Waals surface area contributed by atoms with Crippen LogP contribution in [0, 0.1) is 21.4 Å². The van der Waals surface area contributed by atoms with Gasteiger partial charge >= 0.3 is 0 Å². The van der Waals surface area contributed by atoms with E-state index < -0.39 is 4.92 Å². The maximum atomic E-state index is 11.4. The summed E-state index contributed by atoms with van der Waals surface area (Å²) in [5.41, 5.74) is 0.799. The van der Waals surface area contributed by atoms with Crippen molar-refractivity contribution >= 4 is 33.7 Å². The second kappa shape index (κ2) is 8.73. The Bertz CT molecular complexity index is 1550. The van der Waals surface area contributed by atoms with Gasteiger partial charge in [0.25, 0.3) is 5.69 Å². The predicted octanol–water partition coefficient (Wildman–Crippen LogP) is 7.35. The van der Waals surface area contributed by atoms with Crippen LogP contribution in [0.2, 0.25) is 0 Å². The fourth-order valence-corrected chi connectivity index (χ4v) is 3.75. The number of halogens is 1. The molecule has 0 saturated carbocycles. The van der Waals surface area contributed by atoms with Gasteiger partial charge in [0.05, 0.1) is 34.8 Å². The summed E-state index contributed by atoms with van der Waals surface area (Å²) in [6.07, 6.45) is 4.35. The molecular formula is C24H12BrN3O6. The number of rotatable bonds is 6. The van der Waals surface area contributed by atoms with Crippen LogP contribution in [-0.4, -0.2) is 11.1 Å². The van der Waals surface area contributed by atoms with Crippen LogP contribution in [0.15, 0.2) is 94.3 Å². The van der Waals surface area contributed by atoms with E-state index in [-0.39, 0.29) is 17.1 Å². The second-order valence-corrected chi connectivity index (χ2v) is 7.85. The van der Waals surface area contributed by atoms with Gasteiger partial charge in [-0.1, -0.05) is 15.9 Å². The summed E-state index contributed by atoms with van der Waals surface area (Å²) < 4.78 is 23.1. The number of nitro groups is 1. The fourth-order valence-electron chi connectivity index (χ4n) is 3.40. The van der Waals surface area contributed by atoms with E-state index in [4.69, 9.17) is 17.7 Å². The molecule has 0 atom stereocenters. The smallest absolute Gasteiger partial charge is 0.281 e. The number of hydrogen-bond donors (Lipinski definition) is 0. The van der Waals surface area contributed by atoms with Crippen molar-refractivity contribution in [3.05, 3.63) is 93.0 Å². The minimum Gasteiger partial charge on any atom is -0.464 e. The van der Waals surface area contributed by atoms with E-state index >= 15 is 0 Å². The Hall–Kier alpha value is -4.62. The molecule has 166 valence electrons. The van der Waals surface area contributed by atoms with Gasteiger partial charge in [-0.3, -0.25) is 10.1 Å².